The van der Waals surface area contributed by atoms with Crippen LogP contribution < -0.4 is 0 Å². The summed E-state index contributed by atoms with van der Waals surface area (Å²) < 4.78 is 3.73. The molecular formula is C16H23ClN4O. The van der Waals surface area contributed by atoms with E-state index in [1.165, 1.54) is 0 Å². The molecule has 0 saturated carbocycles. The van der Waals surface area contributed by atoms with Crippen molar-refractivity contribution in [2.45, 2.75) is 40.3 Å². The van der Waals surface area contributed by atoms with Crippen molar-refractivity contribution in [1.82, 2.24) is 19.2 Å². The van der Waals surface area contributed by atoms with Gasteiger partial charge in [-0.3, -0.25) is 9.48 Å². The number of carbonyl (C=O) groups excluding carboxylic acids is 1. The highest BCUT2D eigenvalue weighted by atomic mass is 35.5. The van der Waals surface area contributed by atoms with E-state index in [9.17, 15) is 4.79 Å². The molecule has 0 aliphatic rings. The van der Waals surface area contributed by atoms with Crippen LogP contribution in [0.15, 0.2) is 12.3 Å². The summed E-state index contributed by atoms with van der Waals surface area (Å²) in [5.74, 6) is -0.00350. The predicted molar refractivity (Wildman–Crippen MR) is 88.3 cm³/mol. The van der Waals surface area contributed by atoms with Gasteiger partial charge in [0.05, 0.1) is 17.8 Å². The van der Waals surface area contributed by atoms with Crippen molar-refractivity contribution in [1.29, 1.82) is 0 Å². The molecule has 6 heteroatoms. The van der Waals surface area contributed by atoms with Gasteiger partial charge in [-0.05, 0) is 33.8 Å². The number of aromatic nitrogens is 3. The molecular weight excluding hydrogens is 300 g/mol. The molecule has 0 fully saturated rings. The van der Waals surface area contributed by atoms with Crippen molar-refractivity contribution in [2.24, 2.45) is 7.05 Å². The van der Waals surface area contributed by atoms with Gasteiger partial charge in [-0.15, -0.1) is 0 Å². The maximum absolute atomic E-state index is 12.7. The molecule has 22 heavy (non-hydrogen) atoms. The van der Waals surface area contributed by atoms with Crippen LogP contribution in [0.25, 0.3) is 0 Å². The average Bonchev–Trinajstić information content (AvgIpc) is 2.93. The third-order valence-electron chi connectivity index (χ3n) is 3.98. The van der Waals surface area contributed by atoms with Crippen LogP contribution in [0.3, 0.4) is 0 Å². The van der Waals surface area contributed by atoms with Crippen molar-refractivity contribution >= 4 is 17.5 Å². The number of aryl methyl sites for hydroxylation is 2. The van der Waals surface area contributed by atoms with Gasteiger partial charge >= 0.3 is 0 Å². The summed E-state index contributed by atoms with van der Waals surface area (Å²) in [5.41, 5.74) is 3.46. The number of rotatable bonds is 4. The molecule has 2 aromatic rings. The van der Waals surface area contributed by atoms with Crippen LogP contribution in [0.2, 0.25) is 5.15 Å². The summed E-state index contributed by atoms with van der Waals surface area (Å²) in [4.78, 5) is 14.4. The van der Waals surface area contributed by atoms with Crippen molar-refractivity contribution in [3.8, 4) is 0 Å². The van der Waals surface area contributed by atoms with Crippen LogP contribution in [0.1, 0.15) is 47.2 Å². The fourth-order valence-electron chi connectivity index (χ4n) is 2.68. The van der Waals surface area contributed by atoms with Crippen molar-refractivity contribution in [3.63, 3.8) is 0 Å². The molecule has 0 aliphatic carbocycles. The Kier molecular flexibility index (Phi) is 4.66. The molecule has 120 valence electrons. The molecule has 2 heterocycles. The molecule has 0 saturated heterocycles. The van der Waals surface area contributed by atoms with Gasteiger partial charge in [0.15, 0.2) is 0 Å². The van der Waals surface area contributed by atoms with E-state index < -0.39 is 0 Å². The van der Waals surface area contributed by atoms with E-state index in [0.29, 0.717) is 17.7 Å². The lowest BCUT2D eigenvalue weighted by molar-refractivity contribution is 0.0784. The number of amides is 1. The zero-order valence-electron chi connectivity index (χ0n) is 14.0. The second kappa shape index (κ2) is 6.16. The van der Waals surface area contributed by atoms with E-state index in [0.717, 1.165) is 22.5 Å². The van der Waals surface area contributed by atoms with Crippen molar-refractivity contribution in [2.75, 3.05) is 7.05 Å². The number of hydrogen-bond acceptors (Lipinski definition) is 2. The van der Waals surface area contributed by atoms with Gasteiger partial charge < -0.3 is 9.47 Å². The Balaban J connectivity index is 2.23. The lowest BCUT2D eigenvalue weighted by Gasteiger charge is -2.18. The smallest absolute Gasteiger partial charge is 0.255 e. The van der Waals surface area contributed by atoms with E-state index in [2.05, 4.69) is 23.5 Å². The van der Waals surface area contributed by atoms with E-state index >= 15 is 0 Å². The van der Waals surface area contributed by atoms with Crippen LogP contribution in [0, 0.1) is 13.8 Å². The summed E-state index contributed by atoms with van der Waals surface area (Å²) >= 11 is 6.24. The van der Waals surface area contributed by atoms with Crippen molar-refractivity contribution < 1.29 is 4.79 Å². The Bertz CT molecular complexity index is 699. The maximum atomic E-state index is 12.7. The molecule has 0 atom stereocenters. The highest BCUT2D eigenvalue weighted by molar-refractivity contribution is 6.30. The van der Waals surface area contributed by atoms with Gasteiger partial charge in [-0.25, -0.2) is 0 Å². The maximum Gasteiger partial charge on any atom is 0.255 e. The zero-order valence-corrected chi connectivity index (χ0v) is 14.8. The van der Waals surface area contributed by atoms with Gasteiger partial charge in [0, 0.05) is 37.6 Å². The summed E-state index contributed by atoms with van der Waals surface area (Å²) in [6.07, 6.45) is 1.96. The highest BCUT2D eigenvalue weighted by Crippen LogP contribution is 2.22. The minimum Gasteiger partial charge on any atom is -0.348 e. The first-order chi connectivity index (χ1) is 10.2. The Morgan fingerprint density at radius 3 is 2.50 bits per heavy atom. The monoisotopic (exact) mass is 322 g/mol. The Labute approximate surface area is 136 Å². The summed E-state index contributed by atoms with van der Waals surface area (Å²) in [5, 5.41) is 4.86. The number of nitrogens with zero attached hydrogens (tertiary/aromatic N) is 4. The first-order valence-corrected chi connectivity index (χ1v) is 7.72. The largest absolute Gasteiger partial charge is 0.348 e. The van der Waals surface area contributed by atoms with Gasteiger partial charge in [0.2, 0.25) is 0 Å². The van der Waals surface area contributed by atoms with Crippen LogP contribution in [0.4, 0.5) is 0 Å². The van der Waals surface area contributed by atoms with E-state index in [1.54, 1.807) is 23.7 Å². The highest BCUT2D eigenvalue weighted by Gasteiger charge is 2.20. The second-order valence-electron chi connectivity index (χ2n) is 5.96. The molecule has 0 spiro atoms. The molecule has 2 aromatic heterocycles. The third-order valence-corrected chi connectivity index (χ3v) is 4.45. The first kappa shape index (κ1) is 16.6. The normalized spacial score (nSPS) is 11.3. The Hall–Kier alpha value is -1.75. The Morgan fingerprint density at radius 1 is 1.41 bits per heavy atom. The summed E-state index contributed by atoms with van der Waals surface area (Å²) in [6.45, 7) is 8.53. The van der Waals surface area contributed by atoms with E-state index in [1.807, 2.05) is 26.1 Å². The third kappa shape index (κ3) is 2.90. The van der Waals surface area contributed by atoms with Gasteiger partial charge in [-0.2, -0.15) is 5.10 Å². The number of halogens is 1. The van der Waals surface area contributed by atoms with E-state index in [4.69, 9.17) is 11.6 Å². The van der Waals surface area contributed by atoms with Crippen LogP contribution in [-0.4, -0.2) is 32.2 Å². The lowest BCUT2D eigenvalue weighted by Crippen LogP contribution is -2.27. The molecule has 0 bridgehead atoms. The van der Waals surface area contributed by atoms with Gasteiger partial charge in [0.1, 0.15) is 5.15 Å². The fourth-order valence-corrected chi connectivity index (χ4v) is 2.91. The van der Waals surface area contributed by atoms with Crippen LogP contribution in [-0.2, 0) is 13.6 Å². The van der Waals surface area contributed by atoms with Crippen molar-refractivity contribution in [3.05, 3.63) is 39.9 Å². The second-order valence-corrected chi connectivity index (χ2v) is 6.31. The summed E-state index contributed by atoms with van der Waals surface area (Å²) in [7, 11) is 3.59. The molecule has 0 N–H and O–H groups in total. The molecule has 0 aromatic carbocycles. The fraction of sp³-hybridized carbons (Fsp3) is 0.500. The minimum absolute atomic E-state index is 0.00350. The summed E-state index contributed by atoms with van der Waals surface area (Å²) in [6, 6.07) is 2.22. The van der Waals surface area contributed by atoms with Gasteiger partial charge in [0.25, 0.3) is 5.91 Å². The molecule has 0 unspecified atom stereocenters. The van der Waals surface area contributed by atoms with Crippen LogP contribution >= 0.6 is 11.6 Å². The molecule has 2 rings (SSSR count). The SMILES string of the molecule is Cc1nn(C)c(Cl)c1CN(C)C(=O)c1ccn(C(C)C)c1C. The Morgan fingerprint density at radius 2 is 2.05 bits per heavy atom. The number of carbonyl (C=O) groups is 1. The zero-order chi connectivity index (χ0) is 16.6. The average molecular weight is 323 g/mol. The quantitative estimate of drug-likeness (QED) is 0.866. The molecule has 1 amide bonds. The minimum atomic E-state index is -0.00350. The predicted octanol–water partition coefficient (Wildman–Crippen LogP) is 3.34. The van der Waals surface area contributed by atoms with Gasteiger partial charge in [-0.1, -0.05) is 11.6 Å². The topological polar surface area (TPSA) is 43.1 Å². The molecule has 5 nitrogen and oxygen atoms in total. The number of hydrogen-bond donors (Lipinski definition) is 0. The standard InChI is InChI=1S/C16H23ClN4O/c1-10(2)21-8-7-13(12(21)4)16(22)19(5)9-14-11(3)18-20(6)15(14)17/h7-8,10H,9H2,1-6H3. The first-order valence-electron chi connectivity index (χ1n) is 7.34. The van der Waals surface area contributed by atoms with E-state index in [-0.39, 0.29) is 5.91 Å². The molecule has 0 radical (unpaired) electrons. The van der Waals surface area contributed by atoms with Crippen LogP contribution in [0.5, 0.6) is 0 Å². The lowest BCUT2D eigenvalue weighted by atomic mass is 10.2. The molecule has 0 aliphatic heterocycles.